The Kier molecular flexibility index (Phi) is 5.16. The number of amides is 1. The number of carbonyl (C=O) groups excluding carboxylic acids is 1. The number of aromatic nitrogens is 6. The number of rotatable bonds is 5. The number of anilines is 1. The average molecular weight is 482 g/mol. The average Bonchev–Trinajstić information content (AvgIpc) is 3.49. The van der Waals surface area contributed by atoms with Crippen molar-refractivity contribution in [1.29, 1.82) is 5.26 Å². The minimum absolute atomic E-state index is 0.125. The molecule has 4 aromatic rings. The molecule has 1 N–H and O–H groups in total. The largest absolute Gasteiger partial charge is 0.415 e. The first kappa shape index (κ1) is 22.3. The van der Waals surface area contributed by atoms with Crippen molar-refractivity contribution in [3.05, 3.63) is 65.3 Å². The highest BCUT2D eigenvalue weighted by Gasteiger charge is 2.48. The van der Waals surface area contributed by atoms with E-state index in [0.717, 1.165) is 6.20 Å². The number of ether oxygens (including phenoxy) is 1. The maximum Gasteiger partial charge on any atom is 0.388 e. The highest BCUT2D eigenvalue weighted by molar-refractivity contribution is 5.97. The maximum atomic E-state index is 14.0. The molecule has 1 aliphatic carbocycles. The van der Waals surface area contributed by atoms with Gasteiger partial charge < -0.3 is 10.1 Å². The molecule has 1 amide bonds. The predicted molar refractivity (Wildman–Crippen MR) is 114 cm³/mol. The Morgan fingerprint density at radius 3 is 2.80 bits per heavy atom. The summed E-state index contributed by atoms with van der Waals surface area (Å²) >= 11 is 0. The van der Waals surface area contributed by atoms with Gasteiger partial charge in [-0.3, -0.25) is 9.48 Å². The monoisotopic (exact) mass is 482 g/mol. The van der Waals surface area contributed by atoms with Gasteiger partial charge in [-0.05, 0) is 25.5 Å². The number of pyridine rings is 1. The van der Waals surface area contributed by atoms with E-state index in [4.69, 9.17) is 0 Å². The number of nitrogens with one attached hydrogen (secondary N) is 1. The summed E-state index contributed by atoms with van der Waals surface area (Å²) in [6, 6.07) is 5.93. The zero-order chi connectivity index (χ0) is 24.9. The fourth-order valence-electron chi connectivity index (χ4n) is 4.52. The molecule has 0 unspecified atom stereocenters. The van der Waals surface area contributed by atoms with Crippen molar-refractivity contribution >= 4 is 17.2 Å². The number of hydrogen-bond acceptors (Lipinski definition) is 7. The van der Waals surface area contributed by atoms with Gasteiger partial charge in [-0.25, -0.2) is 14.5 Å². The van der Waals surface area contributed by atoms with E-state index < -0.39 is 35.7 Å². The van der Waals surface area contributed by atoms with Crippen LogP contribution in [0.15, 0.2) is 36.8 Å². The van der Waals surface area contributed by atoms with Gasteiger partial charge in [0.05, 0.1) is 34.6 Å². The molecule has 0 saturated heterocycles. The van der Waals surface area contributed by atoms with Crippen LogP contribution >= 0.6 is 0 Å². The minimum Gasteiger partial charge on any atom is -0.415 e. The summed E-state index contributed by atoms with van der Waals surface area (Å²) in [5.41, 5.74) is 1.15. The van der Waals surface area contributed by atoms with Crippen LogP contribution in [0, 0.1) is 17.3 Å². The van der Waals surface area contributed by atoms with Crippen molar-refractivity contribution in [2.24, 2.45) is 7.05 Å². The summed E-state index contributed by atoms with van der Waals surface area (Å²) in [6.45, 7) is -1.25. The first-order valence-corrected chi connectivity index (χ1v) is 10.4. The van der Waals surface area contributed by atoms with Gasteiger partial charge in [-0.2, -0.15) is 23.5 Å². The number of aryl methyl sites for hydroxylation is 1. The number of hydrogen-bond donors (Lipinski definition) is 1. The van der Waals surface area contributed by atoms with Gasteiger partial charge in [0.15, 0.2) is 5.65 Å². The van der Waals surface area contributed by atoms with E-state index in [1.54, 1.807) is 24.0 Å². The van der Waals surface area contributed by atoms with Gasteiger partial charge in [0.1, 0.15) is 11.6 Å². The van der Waals surface area contributed by atoms with E-state index in [0.29, 0.717) is 22.6 Å². The summed E-state index contributed by atoms with van der Waals surface area (Å²) in [5.74, 6) is -2.43. The molecule has 1 aliphatic rings. The molecule has 0 aliphatic heterocycles. The van der Waals surface area contributed by atoms with Crippen LogP contribution in [0.3, 0.4) is 0 Å². The standard InChI is InChI=1S/C22H17F3N8O2/c1-22(15-3-4-32(2)30-15)7-13(14-10-27-17-6-16(23)31-33(17)18(14)22)19(34)29-12-5-11(8-26)20(28-9-12)35-21(24)25/h3-6,9-10,13,21H,7H2,1-2H3,(H,29,34)/t13-,22+/m0/s1. The molecule has 4 heterocycles. The van der Waals surface area contributed by atoms with Crippen molar-refractivity contribution in [2.45, 2.75) is 31.3 Å². The van der Waals surface area contributed by atoms with Crippen LogP contribution in [0.4, 0.5) is 18.9 Å². The Morgan fingerprint density at radius 1 is 1.31 bits per heavy atom. The number of alkyl halides is 2. The third-order valence-electron chi connectivity index (χ3n) is 6.03. The highest BCUT2D eigenvalue weighted by Crippen LogP contribution is 2.49. The van der Waals surface area contributed by atoms with Crippen molar-refractivity contribution in [3.8, 4) is 11.9 Å². The first-order valence-electron chi connectivity index (χ1n) is 10.4. The Balaban J connectivity index is 1.54. The smallest absolute Gasteiger partial charge is 0.388 e. The van der Waals surface area contributed by atoms with Crippen LogP contribution in [0.1, 0.15) is 41.8 Å². The lowest BCUT2D eigenvalue weighted by Crippen LogP contribution is -2.26. The lowest BCUT2D eigenvalue weighted by atomic mass is 9.82. The van der Waals surface area contributed by atoms with E-state index >= 15 is 0 Å². The lowest BCUT2D eigenvalue weighted by Gasteiger charge is -2.23. The fourth-order valence-corrected chi connectivity index (χ4v) is 4.52. The molecular weight excluding hydrogens is 465 g/mol. The molecule has 0 aromatic carbocycles. The van der Waals surface area contributed by atoms with E-state index in [1.165, 1.54) is 22.8 Å². The van der Waals surface area contributed by atoms with E-state index in [-0.39, 0.29) is 17.7 Å². The Labute approximate surface area is 196 Å². The zero-order valence-electron chi connectivity index (χ0n) is 18.4. The van der Waals surface area contributed by atoms with Crippen molar-refractivity contribution in [2.75, 3.05) is 5.32 Å². The molecule has 35 heavy (non-hydrogen) atoms. The van der Waals surface area contributed by atoms with Gasteiger partial charge in [0.25, 0.3) is 0 Å². The third kappa shape index (κ3) is 3.72. The van der Waals surface area contributed by atoms with Crippen molar-refractivity contribution in [3.63, 3.8) is 0 Å². The first-order chi connectivity index (χ1) is 16.7. The van der Waals surface area contributed by atoms with E-state index in [2.05, 4.69) is 30.2 Å². The van der Waals surface area contributed by atoms with Crippen LogP contribution in [0.2, 0.25) is 0 Å². The summed E-state index contributed by atoms with van der Waals surface area (Å²) in [7, 11) is 1.77. The van der Waals surface area contributed by atoms with Crippen LogP contribution in [-0.4, -0.2) is 41.9 Å². The van der Waals surface area contributed by atoms with Crippen molar-refractivity contribution < 1.29 is 22.7 Å². The normalized spacial score (nSPS) is 19.1. The molecule has 0 saturated carbocycles. The van der Waals surface area contributed by atoms with E-state index in [1.807, 2.05) is 13.0 Å². The minimum atomic E-state index is -3.15. The predicted octanol–water partition coefficient (Wildman–Crippen LogP) is 2.90. The Morgan fingerprint density at radius 2 is 2.11 bits per heavy atom. The number of fused-ring (bicyclic) bond motifs is 3. The van der Waals surface area contributed by atoms with Crippen LogP contribution < -0.4 is 10.1 Å². The molecule has 5 rings (SSSR count). The van der Waals surface area contributed by atoms with Gasteiger partial charge in [0.2, 0.25) is 17.7 Å². The second kappa shape index (κ2) is 8.08. The SMILES string of the molecule is Cn1ccc([C@@]2(C)C[C@H](C(=O)Nc3cnc(OC(F)F)c(C#N)c3)c3cnc4cc(F)nn4c32)n1. The number of halogens is 3. The topological polar surface area (TPSA) is 123 Å². The lowest BCUT2D eigenvalue weighted by molar-refractivity contribution is -0.117. The Bertz CT molecular complexity index is 1510. The molecule has 178 valence electrons. The van der Waals surface area contributed by atoms with Gasteiger partial charge in [-0.15, -0.1) is 5.10 Å². The molecule has 10 nitrogen and oxygen atoms in total. The molecule has 0 fully saturated rings. The van der Waals surface area contributed by atoms with Gasteiger partial charge in [-0.1, -0.05) is 0 Å². The van der Waals surface area contributed by atoms with E-state index in [9.17, 15) is 23.2 Å². The van der Waals surface area contributed by atoms with Crippen LogP contribution in [0.5, 0.6) is 5.88 Å². The summed E-state index contributed by atoms with van der Waals surface area (Å²) < 4.78 is 46.3. The molecule has 13 heteroatoms. The molecule has 0 spiro atoms. The molecule has 2 atom stereocenters. The molecule has 0 bridgehead atoms. The third-order valence-corrected chi connectivity index (χ3v) is 6.03. The second-order valence-corrected chi connectivity index (χ2v) is 8.32. The van der Waals surface area contributed by atoms with Gasteiger partial charge in [0, 0.05) is 31.1 Å². The quantitative estimate of drug-likeness (QED) is 0.464. The second-order valence-electron chi connectivity index (χ2n) is 8.32. The number of nitrogens with zero attached hydrogens (tertiary/aromatic N) is 7. The summed E-state index contributed by atoms with van der Waals surface area (Å²) in [5, 5.41) is 20.4. The summed E-state index contributed by atoms with van der Waals surface area (Å²) in [4.78, 5) is 21.3. The van der Waals surface area contributed by atoms with Gasteiger partial charge >= 0.3 is 6.61 Å². The van der Waals surface area contributed by atoms with Crippen LogP contribution in [0.25, 0.3) is 5.65 Å². The molecule has 0 radical (unpaired) electrons. The van der Waals surface area contributed by atoms with Crippen molar-refractivity contribution in [1.82, 2.24) is 29.4 Å². The molecule has 4 aromatic heterocycles. The fraction of sp³-hybridized carbons (Fsp3) is 0.273. The summed E-state index contributed by atoms with van der Waals surface area (Å²) in [6.07, 6.45) is 4.68. The zero-order valence-corrected chi connectivity index (χ0v) is 18.4. The Hall–Kier alpha value is -4.47. The number of carbonyl (C=O) groups is 1. The highest BCUT2D eigenvalue weighted by atomic mass is 19.3. The van der Waals surface area contributed by atoms with Crippen LogP contribution in [-0.2, 0) is 17.3 Å². The number of nitriles is 1. The molecular formula is C22H17F3N8O2. The maximum absolute atomic E-state index is 14.0.